The number of halogens is 2. The molecule has 0 unspecified atom stereocenters. The normalized spacial score (nSPS) is 12.0. The molecule has 0 bridgehead atoms. The van der Waals surface area contributed by atoms with Crippen molar-refractivity contribution in [1.82, 2.24) is 15.3 Å². The van der Waals surface area contributed by atoms with Crippen molar-refractivity contribution in [3.05, 3.63) is 100 Å². The van der Waals surface area contributed by atoms with E-state index in [4.69, 9.17) is 22.3 Å². The largest absolute Gasteiger partial charge is 0.360 e. The molecule has 1 amide bonds. The Morgan fingerprint density at radius 3 is 2.85 bits per heavy atom. The first-order chi connectivity index (χ1) is 16.0. The zero-order valence-electron chi connectivity index (χ0n) is 17.7. The van der Waals surface area contributed by atoms with Gasteiger partial charge >= 0.3 is 0 Å². The molecule has 0 radical (unpaired) electrons. The highest BCUT2D eigenvalue weighted by molar-refractivity contribution is 9.10. The van der Waals surface area contributed by atoms with Gasteiger partial charge in [-0.2, -0.15) is 0 Å². The van der Waals surface area contributed by atoms with E-state index in [1.165, 1.54) is 0 Å². The minimum atomic E-state index is -0.180. The second-order valence-electron chi connectivity index (χ2n) is 7.40. The topological polar surface area (TPSA) is 83.8 Å². The Kier molecular flexibility index (Phi) is 7.08. The average molecular weight is 522 g/mol. The van der Waals surface area contributed by atoms with Crippen molar-refractivity contribution in [3.8, 4) is 11.3 Å². The van der Waals surface area contributed by atoms with Gasteiger partial charge in [-0.3, -0.25) is 4.79 Å². The fraction of sp³-hybridized carbons (Fsp3) is 0.0769. The molecule has 0 fully saturated rings. The Labute approximate surface area is 205 Å². The average Bonchev–Trinajstić information content (AvgIpc) is 3.23. The smallest absolute Gasteiger partial charge is 0.252 e. The van der Waals surface area contributed by atoms with Gasteiger partial charge in [0.1, 0.15) is 0 Å². The van der Waals surface area contributed by atoms with Crippen LogP contribution in [-0.2, 0) is 0 Å². The molecule has 0 aliphatic carbocycles. The van der Waals surface area contributed by atoms with Crippen molar-refractivity contribution in [2.75, 3.05) is 13.1 Å². The van der Waals surface area contributed by atoms with E-state index >= 15 is 0 Å². The molecule has 0 saturated carbocycles. The number of aromatic amines is 1. The number of hydrogen-bond acceptors (Lipinski definition) is 3. The van der Waals surface area contributed by atoms with Crippen molar-refractivity contribution in [1.29, 1.82) is 0 Å². The lowest BCUT2D eigenvalue weighted by molar-refractivity contribution is 0.0959. The lowest BCUT2D eigenvalue weighted by atomic mass is 10.0. The van der Waals surface area contributed by atoms with E-state index in [-0.39, 0.29) is 5.91 Å². The van der Waals surface area contributed by atoms with E-state index in [2.05, 4.69) is 32.8 Å². The van der Waals surface area contributed by atoms with Gasteiger partial charge in [-0.1, -0.05) is 64.5 Å². The highest BCUT2D eigenvalue weighted by atomic mass is 79.9. The number of allylic oxidation sites excluding steroid dienone is 2. The maximum atomic E-state index is 13.1. The minimum absolute atomic E-state index is 0.180. The number of nitrogens with one attached hydrogen (secondary N) is 2. The van der Waals surface area contributed by atoms with Crippen molar-refractivity contribution in [2.24, 2.45) is 5.73 Å². The van der Waals surface area contributed by atoms with Crippen molar-refractivity contribution < 1.29 is 4.79 Å². The molecule has 2 aromatic carbocycles. The molecule has 5 nitrogen and oxygen atoms in total. The summed E-state index contributed by atoms with van der Waals surface area (Å²) in [6, 6.07) is 13.2. The maximum absolute atomic E-state index is 13.1. The molecule has 0 aliphatic rings. The predicted octanol–water partition coefficient (Wildman–Crippen LogP) is 6.16. The van der Waals surface area contributed by atoms with Crippen LogP contribution >= 0.6 is 27.5 Å². The number of fused-ring (bicyclic) bond motifs is 2. The number of H-pyrrole nitrogens is 1. The van der Waals surface area contributed by atoms with Crippen LogP contribution in [0.2, 0.25) is 5.02 Å². The van der Waals surface area contributed by atoms with Crippen LogP contribution in [0.25, 0.3) is 33.1 Å². The Bertz CT molecular complexity index is 1420. The number of hydrogen-bond donors (Lipinski definition) is 3. The SMILES string of the molecule is C=C/C(=C\C=C\CNC(=O)c1cc(-c2c[nH]c3ccc(Cl)cc23)nc2cc(Br)ccc12)CN. The Morgan fingerprint density at radius 1 is 1.21 bits per heavy atom. The summed E-state index contributed by atoms with van der Waals surface area (Å²) in [6.07, 6.45) is 9.19. The number of carbonyl (C=O) groups excluding carboxylic acids is 1. The Balaban J connectivity index is 1.71. The van der Waals surface area contributed by atoms with Gasteiger partial charge in [0.25, 0.3) is 5.91 Å². The molecule has 7 heteroatoms. The van der Waals surface area contributed by atoms with E-state index in [1.807, 2.05) is 66.9 Å². The molecule has 0 atom stereocenters. The quantitative estimate of drug-likeness (QED) is 0.255. The van der Waals surface area contributed by atoms with Gasteiger partial charge in [0, 0.05) is 50.6 Å². The Morgan fingerprint density at radius 2 is 2.06 bits per heavy atom. The van der Waals surface area contributed by atoms with Crippen LogP contribution in [0, 0.1) is 0 Å². The molecule has 2 heterocycles. The summed E-state index contributed by atoms with van der Waals surface area (Å²) < 4.78 is 0.889. The number of carbonyl (C=O) groups is 1. The summed E-state index contributed by atoms with van der Waals surface area (Å²) in [7, 11) is 0. The summed E-state index contributed by atoms with van der Waals surface area (Å²) >= 11 is 9.73. The van der Waals surface area contributed by atoms with Gasteiger partial charge in [0.2, 0.25) is 0 Å². The van der Waals surface area contributed by atoms with Gasteiger partial charge in [-0.25, -0.2) is 4.98 Å². The number of nitrogens with two attached hydrogens (primary N) is 1. The van der Waals surface area contributed by atoms with Gasteiger partial charge in [-0.05, 0) is 42.0 Å². The fourth-order valence-electron chi connectivity index (χ4n) is 3.56. The van der Waals surface area contributed by atoms with E-state index in [9.17, 15) is 4.79 Å². The summed E-state index contributed by atoms with van der Waals surface area (Å²) in [6.45, 7) is 4.51. The van der Waals surface area contributed by atoms with Gasteiger partial charge in [-0.15, -0.1) is 0 Å². The lowest BCUT2D eigenvalue weighted by Crippen LogP contribution is -2.23. The first-order valence-corrected chi connectivity index (χ1v) is 11.5. The standard InChI is InChI=1S/C26H22BrClN4O/c1-2-16(14-29)5-3-4-10-30-26(33)21-13-25(32-24-11-17(27)6-8-19(21)24)22-15-31-23-9-7-18(28)12-20(22)23/h2-9,11-13,15,31H,1,10,14,29H2,(H,30,33)/b4-3+,16-5+. The van der Waals surface area contributed by atoms with Crippen molar-refractivity contribution in [3.63, 3.8) is 0 Å². The zero-order chi connectivity index (χ0) is 23.4. The molecular weight excluding hydrogens is 500 g/mol. The third-order valence-electron chi connectivity index (χ3n) is 5.26. The van der Waals surface area contributed by atoms with E-state index in [0.29, 0.717) is 29.4 Å². The van der Waals surface area contributed by atoms with Gasteiger partial charge in [0.15, 0.2) is 0 Å². The van der Waals surface area contributed by atoms with Crippen LogP contribution in [0.1, 0.15) is 10.4 Å². The number of benzene rings is 2. The lowest BCUT2D eigenvalue weighted by Gasteiger charge is -2.10. The molecule has 4 aromatic rings. The molecule has 0 spiro atoms. The van der Waals surface area contributed by atoms with Crippen LogP contribution in [0.3, 0.4) is 0 Å². The number of amides is 1. The number of pyridine rings is 1. The monoisotopic (exact) mass is 520 g/mol. The third-order valence-corrected chi connectivity index (χ3v) is 5.99. The predicted molar refractivity (Wildman–Crippen MR) is 141 cm³/mol. The van der Waals surface area contributed by atoms with E-state index in [1.54, 1.807) is 6.08 Å². The summed E-state index contributed by atoms with van der Waals surface area (Å²) in [5, 5.41) is 5.32. The molecule has 2 aromatic heterocycles. The maximum Gasteiger partial charge on any atom is 0.252 e. The summed E-state index contributed by atoms with van der Waals surface area (Å²) in [4.78, 5) is 21.2. The first-order valence-electron chi connectivity index (χ1n) is 10.3. The van der Waals surface area contributed by atoms with Gasteiger partial charge < -0.3 is 16.0 Å². The van der Waals surface area contributed by atoms with Crippen molar-refractivity contribution in [2.45, 2.75) is 0 Å². The highest BCUT2D eigenvalue weighted by Gasteiger charge is 2.16. The third kappa shape index (κ3) is 5.09. The summed E-state index contributed by atoms with van der Waals surface area (Å²) in [5.74, 6) is -0.180. The van der Waals surface area contributed by atoms with E-state index in [0.717, 1.165) is 37.4 Å². The second kappa shape index (κ2) is 10.2. The molecule has 0 aliphatic heterocycles. The summed E-state index contributed by atoms with van der Waals surface area (Å²) in [5.41, 5.74) is 10.3. The van der Waals surface area contributed by atoms with Crippen LogP contribution in [-0.4, -0.2) is 29.0 Å². The molecule has 166 valence electrons. The zero-order valence-corrected chi connectivity index (χ0v) is 20.1. The second-order valence-corrected chi connectivity index (χ2v) is 8.75. The first kappa shape index (κ1) is 23.0. The molecule has 4 N–H and O–H groups in total. The minimum Gasteiger partial charge on any atom is -0.360 e. The van der Waals surface area contributed by atoms with Gasteiger partial charge in [0.05, 0.1) is 16.8 Å². The van der Waals surface area contributed by atoms with Crippen LogP contribution in [0.5, 0.6) is 0 Å². The van der Waals surface area contributed by atoms with Crippen molar-refractivity contribution >= 4 is 55.2 Å². The number of rotatable bonds is 7. The fourth-order valence-corrected chi connectivity index (χ4v) is 4.08. The van der Waals surface area contributed by atoms with Crippen LogP contribution in [0.4, 0.5) is 0 Å². The van der Waals surface area contributed by atoms with Crippen LogP contribution < -0.4 is 11.1 Å². The van der Waals surface area contributed by atoms with Crippen LogP contribution in [0.15, 0.2) is 89.6 Å². The molecule has 33 heavy (non-hydrogen) atoms. The Hall–Kier alpha value is -3.19. The molecule has 4 rings (SSSR count). The number of aromatic nitrogens is 2. The molecular formula is C26H22BrClN4O. The molecule has 0 saturated heterocycles. The number of nitrogens with zero attached hydrogens (tertiary/aromatic N) is 1. The van der Waals surface area contributed by atoms with E-state index < -0.39 is 0 Å². The highest BCUT2D eigenvalue weighted by Crippen LogP contribution is 2.32.